The Morgan fingerprint density at radius 3 is 1.76 bits per heavy atom. The van der Waals surface area contributed by atoms with Gasteiger partial charge in [-0.15, -0.1) is 0 Å². The smallest absolute Gasteiger partial charge is 0.0151 e. The molecule has 2 aromatic carbocycles. The second-order valence-corrected chi connectivity index (χ2v) is 8.81. The molecule has 0 spiro atoms. The van der Waals surface area contributed by atoms with Gasteiger partial charge < -0.3 is 0 Å². The lowest BCUT2D eigenvalue weighted by Gasteiger charge is -2.30. The average Bonchev–Trinajstić information content (AvgIpc) is 2.58. The first-order valence-corrected chi connectivity index (χ1v) is 9.97. The Kier molecular flexibility index (Phi) is 6.87. The molecule has 2 aromatic rings. The van der Waals surface area contributed by atoms with Crippen molar-refractivity contribution < 1.29 is 0 Å². The third-order valence-corrected chi connectivity index (χ3v) is 5.33. The van der Waals surface area contributed by atoms with E-state index in [1.165, 1.54) is 41.5 Å². The van der Waals surface area contributed by atoms with E-state index in [9.17, 15) is 0 Å². The lowest BCUT2D eigenvalue weighted by Crippen LogP contribution is -2.15. The van der Waals surface area contributed by atoms with E-state index >= 15 is 0 Å². The highest BCUT2D eigenvalue weighted by atomic mass is 14.3. The molecule has 0 aromatic heterocycles. The number of hydrogen-bond acceptors (Lipinski definition) is 0. The number of benzene rings is 2. The van der Waals surface area contributed by atoms with Crippen LogP contribution in [0.1, 0.15) is 88.0 Å². The predicted molar refractivity (Wildman–Crippen MR) is 111 cm³/mol. The van der Waals surface area contributed by atoms with E-state index in [2.05, 4.69) is 90.1 Å². The monoisotopic (exact) mass is 336 g/mol. The SMILES string of the molecule is CCc1ccc(C(CC(CC)c2ccc(C)cc2)CC(C)(C)C)cc1. The van der Waals surface area contributed by atoms with Crippen molar-refractivity contribution in [1.82, 2.24) is 0 Å². The Morgan fingerprint density at radius 1 is 0.760 bits per heavy atom. The molecule has 2 rings (SSSR count). The summed E-state index contributed by atoms with van der Waals surface area (Å²) in [6.07, 6.45) is 4.80. The van der Waals surface area contributed by atoms with E-state index in [0.717, 1.165) is 6.42 Å². The fourth-order valence-electron chi connectivity index (χ4n) is 3.82. The van der Waals surface area contributed by atoms with Gasteiger partial charge in [-0.1, -0.05) is 88.7 Å². The molecule has 0 nitrogen and oxygen atoms in total. The van der Waals surface area contributed by atoms with Gasteiger partial charge in [0.05, 0.1) is 0 Å². The Balaban J connectivity index is 2.25. The molecular formula is C25H36. The van der Waals surface area contributed by atoms with Crippen LogP contribution in [-0.2, 0) is 6.42 Å². The summed E-state index contributed by atoms with van der Waals surface area (Å²) in [5.41, 5.74) is 6.14. The topological polar surface area (TPSA) is 0 Å². The first-order chi connectivity index (χ1) is 11.8. The van der Waals surface area contributed by atoms with Crippen molar-refractivity contribution in [1.29, 1.82) is 0 Å². The zero-order valence-corrected chi connectivity index (χ0v) is 17.1. The molecule has 0 heterocycles. The van der Waals surface area contributed by atoms with Crippen molar-refractivity contribution in [2.24, 2.45) is 5.41 Å². The van der Waals surface area contributed by atoms with E-state index in [1.54, 1.807) is 0 Å². The van der Waals surface area contributed by atoms with Crippen LogP contribution >= 0.6 is 0 Å². The molecule has 0 aliphatic carbocycles. The summed E-state index contributed by atoms with van der Waals surface area (Å²) in [6, 6.07) is 18.6. The minimum Gasteiger partial charge on any atom is -0.0648 e. The van der Waals surface area contributed by atoms with E-state index < -0.39 is 0 Å². The molecule has 0 N–H and O–H groups in total. The lowest BCUT2D eigenvalue weighted by molar-refractivity contribution is 0.319. The van der Waals surface area contributed by atoms with E-state index in [4.69, 9.17) is 0 Å². The molecule has 0 fully saturated rings. The summed E-state index contributed by atoms with van der Waals surface area (Å²) in [5.74, 6) is 1.26. The maximum Gasteiger partial charge on any atom is -0.0151 e. The standard InChI is InChI=1S/C25H36/c1-7-20-11-15-23(16-12-20)24(18-25(4,5)6)17-21(8-2)22-13-9-19(3)10-14-22/h9-16,21,24H,7-8,17-18H2,1-6H3. The quantitative estimate of drug-likeness (QED) is 0.487. The van der Waals surface area contributed by atoms with Crippen molar-refractivity contribution in [2.75, 3.05) is 0 Å². The molecule has 0 aliphatic rings. The molecule has 136 valence electrons. The first-order valence-electron chi connectivity index (χ1n) is 9.97. The molecule has 2 atom stereocenters. The Labute approximate surface area is 155 Å². The maximum absolute atomic E-state index is 2.37. The van der Waals surface area contributed by atoms with Crippen molar-refractivity contribution >= 4 is 0 Å². The lowest BCUT2D eigenvalue weighted by atomic mass is 9.75. The van der Waals surface area contributed by atoms with E-state index in [-0.39, 0.29) is 0 Å². The maximum atomic E-state index is 2.37. The molecule has 0 saturated carbocycles. The van der Waals surface area contributed by atoms with Crippen molar-refractivity contribution in [3.05, 3.63) is 70.8 Å². The zero-order chi connectivity index (χ0) is 18.4. The van der Waals surface area contributed by atoms with Crippen molar-refractivity contribution in [2.45, 2.75) is 79.1 Å². The van der Waals surface area contributed by atoms with Gasteiger partial charge in [0.25, 0.3) is 0 Å². The zero-order valence-electron chi connectivity index (χ0n) is 17.1. The van der Waals surface area contributed by atoms with Crippen LogP contribution in [0.2, 0.25) is 0 Å². The average molecular weight is 337 g/mol. The van der Waals surface area contributed by atoms with Gasteiger partial charge in [-0.05, 0) is 66.5 Å². The summed E-state index contributed by atoms with van der Waals surface area (Å²) < 4.78 is 0. The fraction of sp³-hybridized carbons (Fsp3) is 0.520. The summed E-state index contributed by atoms with van der Waals surface area (Å²) in [7, 11) is 0. The highest BCUT2D eigenvalue weighted by Gasteiger charge is 2.24. The molecule has 0 heteroatoms. The minimum absolute atomic E-state index is 0.347. The van der Waals surface area contributed by atoms with Gasteiger partial charge in [0, 0.05) is 0 Å². The minimum atomic E-state index is 0.347. The summed E-state index contributed by atoms with van der Waals surface area (Å²) in [4.78, 5) is 0. The summed E-state index contributed by atoms with van der Waals surface area (Å²) >= 11 is 0. The summed E-state index contributed by atoms with van der Waals surface area (Å²) in [6.45, 7) is 13.8. The Bertz CT molecular complexity index is 625. The molecule has 25 heavy (non-hydrogen) atoms. The van der Waals surface area contributed by atoms with Crippen LogP contribution < -0.4 is 0 Å². The first kappa shape index (κ1) is 19.8. The van der Waals surface area contributed by atoms with Crippen LogP contribution in [0.25, 0.3) is 0 Å². The van der Waals surface area contributed by atoms with Crippen LogP contribution in [0, 0.1) is 12.3 Å². The highest BCUT2D eigenvalue weighted by molar-refractivity contribution is 5.28. The van der Waals surface area contributed by atoms with E-state index in [1.807, 2.05) is 0 Å². The molecule has 0 bridgehead atoms. The highest BCUT2D eigenvalue weighted by Crippen LogP contribution is 2.39. The summed E-state index contributed by atoms with van der Waals surface area (Å²) in [5, 5.41) is 0. The third-order valence-electron chi connectivity index (χ3n) is 5.33. The van der Waals surface area contributed by atoms with Crippen LogP contribution in [0.15, 0.2) is 48.5 Å². The fourth-order valence-corrected chi connectivity index (χ4v) is 3.82. The number of aryl methyl sites for hydroxylation is 2. The molecule has 2 unspecified atom stereocenters. The molecule has 0 radical (unpaired) electrons. The molecule has 0 amide bonds. The van der Waals surface area contributed by atoms with Gasteiger partial charge >= 0.3 is 0 Å². The van der Waals surface area contributed by atoms with Gasteiger partial charge in [0.15, 0.2) is 0 Å². The van der Waals surface area contributed by atoms with Crippen LogP contribution in [-0.4, -0.2) is 0 Å². The Hall–Kier alpha value is -1.56. The van der Waals surface area contributed by atoms with Gasteiger partial charge in [-0.25, -0.2) is 0 Å². The second kappa shape index (κ2) is 8.70. The molecule has 0 saturated heterocycles. The molecule has 0 aliphatic heterocycles. The normalized spacial score (nSPS) is 14.3. The third kappa shape index (κ3) is 6.03. The second-order valence-electron chi connectivity index (χ2n) is 8.81. The largest absolute Gasteiger partial charge is 0.0648 e. The van der Waals surface area contributed by atoms with Gasteiger partial charge in [-0.3, -0.25) is 0 Å². The van der Waals surface area contributed by atoms with Crippen molar-refractivity contribution in [3.8, 4) is 0 Å². The number of rotatable bonds is 7. The van der Waals surface area contributed by atoms with E-state index in [0.29, 0.717) is 17.3 Å². The van der Waals surface area contributed by atoms with Gasteiger partial charge in [-0.2, -0.15) is 0 Å². The van der Waals surface area contributed by atoms with Crippen LogP contribution in [0.3, 0.4) is 0 Å². The van der Waals surface area contributed by atoms with Gasteiger partial charge in [0.2, 0.25) is 0 Å². The molecular weight excluding hydrogens is 300 g/mol. The Morgan fingerprint density at radius 2 is 1.28 bits per heavy atom. The van der Waals surface area contributed by atoms with Crippen LogP contribution in [0.5, 0.6) is 0 Å². The van der Waals surface area contributed by atoms with Crippen LogP contribution in [0.4, 0.5) is 0 Å². The number of hydrogen-bond donors (Lipinski definition) is 0. The van der Waals surface area contributed by atoms with Gasteiger partial charge in [0.1, 0.15) is 0 Å². The predicted octanol–water partition coefficient (Wildman–Crippen LogP) is 7.66. The van der Waals surface area contributed by atoms with Crippen molar-refractivity contribution in [3.63, 3.8) is 0 Å².